The topological polar surface area (TPSA) is 37.3 Å². The Hall–Kier alpha value is -0.830. The highest BCUT2D eigenvalue weighted by Gasteiger charge is 2.03. The molecule has 1 aromatic rings. The molecule has 1 N–H and O–H groups in total. The molecular weight excluding hydrogens is 232 g/mol. The van der Waals surface area contributed by atoms with E-state index in [0.29, 0.717) is 6.42 Å². The van der Waals surface area contributed by atoms with Gasteiger partial charge in [0.2, 0.25) is 0 Å². The molecule has 1 rings (SSSR count). The van der Waals surface area contributed by atoms with Crippen molar-refractivity contribution in [3.05, 3.63) is 33.8 Å². The summed E-state index contributed by atoms with van der Waals surface area (Å²) in [5.41, 5.74) is 2.22. The molecule has 3 heteroatoms. The van der Waals surface area contributed by atoms with Crippen molar-refractivity contribution in [3.63, 3.8) is 0 Å². The van der Waals surface area contributed by atoms with Gasteiger partial charge in [-0.25, -0.2) is 0 Å². The predicted octanol–water partition coefficient (Wildman–Crippen LogP) is 2.77. The molecule has 0 heterocycles. The fraction of sp³-hybridized carbons (Fsp3) is 0.300. The second-order valence-electron chi connectivity index (χ2n) is 2.92. The molecule has 0 aliphatic carbocycles. The van der Waals surface area contributed by atoms with Crippen molar-refractivity contribution in [2.75, 3.05) is 0 Å². The second kappa shape index (κ2) is 4.42. The van der Waals surface area contributed by atoms with Crippen LogP contribution in [0.5, 0.6) is 0 Å². The van der Waals surface area contributed by atoms with E-state index in [0.717, 1.165) is 15.6 Å². The molecule has 0 aliphatic heterocycles. The molecule has 1 aromatic carbocycles. The van der Waals surface area contributed by atoms with Gasteiger partial charge in [-0.1, -0.05) is 28.1 Å². The summed E-state index contributed by atoms with van der Waals surface area (Å²) >= 11 is 3.41. The Morgan fingerprint density at radius 1 is 1.54 bits per heavy atom. The molecule has 0 unspecified atom stereocenters. The molecule has 0 aromatic heterocycles. The Kier molecular flexibility index (Phi) is 3.48. The molecule has 0 saturated carbocycles. The van der Waals surface area contributed by atoms with Gasteiger partial charge in [0.25, 0.3) is 0 Å². The van der Waals surface area contributed by atoms with E-state index in [1.807, 2.05) is 25.1 Å². The van der Waals surface area contributed by atoms with Crippen LogP contribution in [-0.2, 0) is 11.2 Å². The van der Waals surface area contributed by atoms with E-state index in [4.69, 9.17) is 5.11 Å². The Balaban J connectivity index is 2.77. The maximum Gasteiger partial charge on any atom is 0.303 e. The van der Waals surface area contributed by atoms with Gasteiger partial charge in [-0.15, -0.1) is 0 Å². The number of rotatable bonds is 3. The number of carbonyl (C=O) groups is 1. The van der Waals surface area contributed by atoms with E-state index >= 15 is 0 Å². The van der Waals surface area contributed by atoms with Crippen molar-refractivity contribution in [2.24, 2.45) is 0 Å². The smallest absolute Gasteiger partial charge is 0.303 e. The van der Waals surface area contributed by atoms with Crippen LogP contribution >= 0.6 is 15.9 Å². The molecule has 70 valence electrons. The lowest BCUT2D eigenvalue weighted by Crippen LogP contribution is -1.99. The summed E-state index contributed by atoms with van der Waals surface area (Å²) in [6, 6.07) is 5.84. The number of halogens is 1. The van der Waals surface area contributed by atoms with E-state index in [9.17, 15) is 4.79 Å². The van der Waals surface area contributed by atoms with Crippen molar-refractivity contribution in [3.8, 4) is 0 Å². The highest BCUT2D eigenvalue weighted by atomic mass is 79.9. The van der Waals surface area contributed by atoms with E-state index in [1.165, 1.54) is 0 Å². The molecule has 0 amide bonds. The molecule has 0 spiro atoms. The van der Waals surface area contributed by atoms with Crippen molar-refractivity contribution >= 4 is 21.9 Å². The first-order valence-corrected chi connectivity index (χ1v) is 4.86. The highest BCUT2D eigenvalue weighted by Crippen LogP contribution is 2.20. The normalized spacial score (nSPS) is 10.0. The first kappa shape index (κ1) is 10.3. The van der Waals surface area contributed by atoms with Crippen LogP contribution in [0, 0.1) is 6.92 Å². The van der Waals surface area contributed by atoms with Gasteiger partial charge in [-0.2, -0.15) is 0 Å². The minimum Gasteiger partial charge on any atom is -0.481 e. The van der Waals surface area contributed by atoms with Crippen LogP contribution in [0.15, 0.2) is 22.7 Å². The van der Waals surface area contributed by atoms with Gasteiger partial charge < -0.3 is 5.11 Å². The van der Waals surface area contributed by atoms with Gasteiger partial charge >= 0.3 is 5.97 Å². The van der Waals surface area contributed by atoms with Crippen molar-refractivity contribution in [1.29, 1.82) is 0 Å². The Morgan fingerprint density at radius 3 is 2.85 bits per heavy atom. The standard InChI is InChI=1S/C10H11BrO2/c1-7-8(5-6-10(12)13)3-2-4-9(7)11/h2-4H,5-6H2,1H3,(H,12,13). The molecule has 2 nitrogen and oxygen atoms in total. The fourth-order valence-corrected chi connectivity index (χ4v) is 1.57. The summed E-state index contributed by atoms with van der Waals surface area (Å²) in [4.78, 5) is 10.4. The van der Waals surface area contributed by atoms with E-state index in [1.54, 1.807) is 0 Å². The maximum atomic E-state index is 10.4. The van der Waals surface area contributed by atoms with Crippen LogP contribution in [0.4, 0.5) is 0 Å². The third-order valence-corrected chi connectivity index (χ3v) is 2.85. The number of aliphatic carboxylic acids is 1. The number of benzene rings is 1. The molecular formula is C10H11BrO2. The summed E-state index contributed by atoms with van der Waals surface area (Å²) in [5.74, 6) is -0.751. The lowest BCUT2D eigenvalue weighted by molar-refractivity contribution is -0.136. The largest absolute Gasteiger partial charge is 0.481 e. The summed E-state index contributed by atoms with van der Waals surface area (Å²) in [5, 5.41) is 8.52. The van der Waals surface area contributed by atoms with Crippen LogP contribution in [0.25, 0.3) is 0 Å². The number of aryl methyl sites for hydroxylation is 1. The van der Waals surface area contributed by atoms with Gasteiger partial charge in [0.15, 0.2) is 0 Å². The molecule has 0 aliphatic rings. The minimum absolute atomic E-state index is 0.192. The Bertz CT molecular complexity index is 321. The van der Waals surface area contributed by atoms with Gasteiger partial charge in [-0.3, -0.25) is 4.79 Å². The summed E-state index contributed by atoms with van der Waals surface area (Å²) in [6.07, 6.45) is 0.790. The van der Waals surface area contributed by atoms with Crippen molar-refractivity contribution < 1.29 is 9.90 Å². The predicted molar refractivity (Wildman–Crippen MR) is 54.8 cm³/mol. The summed E-state index contributed by atoms with van der Waals surface area (Å²) in [7, 11) is 0. The number of carboxylic acids is 1. The third-order valence-electron chi connectivity index (χ3n) is 1.99. The fourth-order valence-electron chi connectivity index (χ4n) is 1.16. The summed E-state index contributed by atoms with van der Waals surface area (Å²) in [6.45, 7) is 1.99. The number of hydrogen-bond donors (Lipinski definition) is 1. The van der Waals surface area contributed by atoms with Crippen LogP contribution < -0.4 is 0 Å². The first-order chi connectivity index (χ1) is 6.11. The van der Waals surface area contributed by atoms with Gasteiger partial charge in [-0.05, 0) is 30.5 Å². The molecule has 0 saturated heterocycles. The van der Waals surface area contributed by atoms with E-state index < -0.39 is 5.97 Å². The van der Waals surface area contributed by atoms with Gasteiger partial charge in [0.05, 0.1) is 0 Å². The van der Waals surface area contributed by atoms with Gasteiger partial charge in [0, 0.05) is 10.9 Å². The summed E-state index contributed by atoms with van der Waals surface area (Å²) < 4.78 is 1.04. The van der Waals surface area contributed by atoms with E-state index in [-0.39, 0.29) is 6.42 Å². The van der Waals surface area contributed by atoms with Crippen LogP contribution in [0.1, 0.15) is 17.5 Å². The highest BCUT2D eigenvalue weighted by molar-refractivity contribution is 9.10. The second-order valence-corrected chi connectivity index (χ2v) is 3.77. The van der Waals surface area contributed by atoms with Crippen LogP contribution in [0.2, 0.25) is 0 Å². The maximum absolute atomic E-state index is 10.4. The van der Waals surface area contributed by atoms with Crippen molar-refractivity contribution in [2.45, 2.75) is 19.8 Å². The molecule has 0 bridgehead atoms. The average Bonchev–Trinajstić information content (AvgIpc) is 2.07. The lowest BCUT2D eigenvalue weighted by atomic mass is 10.0. The number of hydrogen-bond acceptors (Lipinski definition) is 1. The zero-order chi connectivity index (χ0) is 9.84. The Labute approximate surface area is 85.7 Å². The molecule has 0 radical (unpaired) electrons. The van der Waals surface area contributed by atoms with Gasteiger partial charge in [0.1, 0.15) is 0 Å². The molecule has 0 fully saturated rings. The lowest BCUT2D eigenvalue weighted by Gasteiger charge is -2.05. The average molecular weight is 243 g/mol. The molecule has 0 atom stereocenters. The van der Waals surface area contributed by atoms with E-state index in [2.05, 4.69) is 15.9 Å². The zero-order valence-electron chi connectivity index (χ0n) is 7.38. The minimum atomic E-state index is -0.751. The van der Waals surface area contributed by atoms with Crippen LogP contribution in [-0.4, -0.2) is 11.1 Å². The Morgan fingerprint density at radius 2 is 2.23 bits per heavy atom. The van der Waals surface area contributed by atoms with Crippen molar-refractivity contribution in [1.82, 2.24) is 0 Å². The quantitative estimate of drug-likeness (QED) is 0.886. The zero-order valence-corrected chi connectivity index (χ0v) is 8.97. The molecule has 13 heavy (non-hydrogen) atoms. The number of carboxylic acid groups (broad SMARTS) is 1. The monoisotopic (exact) mass is 242 g/mol. The first-order valence-electron chi connectivity index (χ1n) is 4.07. The third kappa shape index (κ3) is 2.84. The van der Waals surface area contributed by atoms with Crippen LogP contribution in [0.3, 0.4) is 0 Å². The SMILES string of the molecule is Cc1c(Br)cccc1CCC(=O)O.